The van der Waals surface area contributed by atoms with Crippen molar-refractivity contribution >= 4 is 23.4 Å². The molecule has 0 bridgehead atoms. The number of ether oxygens (including phenoxy) is 5. The van der Waals surface area contributed by atoms with E-state index in [9.17, 15) is 66.3 Å². The molecule has 20 nitrogen and oxygen atoms in total. The van der Waals surface area contributed by atoms with Crippen molar-refractivity contribution in [3.05, 3.63) is 82.5 Å². The van der Waals surface area contributed by atoms with Crippen LogP contribution in [0.4, 0.5) is 40.8 Å². The molecule has 74 heavy (non-hydrogen) atoms. The molecule has 1 aliphatic carbocycles. The third kappa shape index (κ3) is 14.8. The van der Waals surface area contributed by atoms with E-state index in [0.717, 1.165) is 28.1 Å². The molecule has 5 rings (SSSR count). The predicted molar refractivity (Wildman–Crippen MR) is 239 cm³/mol. The van der Waals surface area contributed by atoms with E-state index in [1.807, 2.05) is 0 Å². The monoisotopic (exact) mass is 1070 g/mol. The van der Waals surface area contributed by atoms with E-state index in [0.29, 0.717) is 37.4 Å². The molecule has 7 N–H and O–H groups in total. The molecule has 1 aromatic heterocycles. The Bertz CT molecular complexity index is 2430. The number of hydrogen-bond donors (Lipinski definition) is 7. The van der Waals surface area contributed by atoms with E-state index in [1.165, 1.54) is 19.1 Å². The normalized spacial score (nSPS) is 16.9. The lowest BCUT2D eigenvalue weighted by atomic mass is 9.88. The Labute approximate surface area is 417 Å². The van der Waals surface area contributed by atoms with Crippen LogP contribution >= 0.6 is 0 Å². The molecule has 1 spiro atoms. The number of halogens is 8. The Hall–Kier alpha value is -5.69. The van der Waals surface area contributed by atoms with Crippen LogP contribution in [-0.4, -0.2) is 190 Å². The summed E-state index contributed by atoms with van der Waals surface area (Å²) in [6, 6.07) is 4.32. The Kier molecular flexibility index (Phi) is 20.9. The highest BCUT2D eigenvalue weighted by Crippen LogP contribution is 2.45. The smallest absolute Gasteiger partial charge is 0.433 e. The van der Waals surface area contributed by atoms with Gasteiger partial charge in [0, 0.05) is 31.8 Å². The topological polar surface area (TPSA) is 266 Å². The first-order valence-electron chi connectivity index (χ1n) is 22.8. The summed E-state index contributed by atoms with van der Waals surface area (Å²) in [6.07, 6.45) is -15.1. The molecule has 3 amide bonds. The number of amides is 3. The maximum absolute atomic E-state index is 15.7. The highest BCUT2D eigenvalue weighted by Gasteiger charge is 2.53. The van der Waals surface area contributed by atoms with Gasteiger partial charge in [0.2, 0.25) is 11.7 Å². The molecule has 2 heterocycles. The van der Waals surface area contributed by atoms with Crippen LogP contribution in [0, 0.1) is 11.6 Å². The molecule has 3 aromatic rings. The molecule has 0 saturated heterocycles. The van der Waals surface area contributed by atoms with Gasteiger partial charge in [-0.2, -0.15) is 30.7 Å². The molecule has 4 atom stereocenters. The van der Waals surface area contributed by atoms with E-state index in [1.54, 1.807) is 0 Å². The van der Waals surface area contributed by atoms with Gasteiger partial charge < -0.3 is 64.5 Å². The lowest BCUT2D eigenvalue weighted by Crippen LogP contribution is -2.62. The average molecular weight is 1070 g/mol. The summed E-state index contributed by atoms with van der Waals surface area (Å²) in [5, 5.41) is 63.9. The van der Waals surface area contributed by atoms with Gasteiger partial charge in [0.05, 0.1) is 81.9 Å². The van der Waals surface area contributed by atoms with Crippen LogP contribution < -0.4 is 10.1 Å². The van der Waals surface area contributed by atoms with Gasteiger partial charge >= 0.3 is 12.4 Å². The van der Waals surface area contributed by atoms with Gasteiger partial charge in [-0.05, 0) is 43.2 Å². The second-order valence-electron chi connectivity index (χ2n) is 17.0. The van der Waals surface area contributed by atoms with Gasteiger partial charge in [-0.1, -0.05) is 18.9 Å². The summed E-state index contributed by atoms with van der Waals surface area (Å²) in [7, 11) is 2.72. The fraction of sp³-hybridized carbons (Fsp3) is 0.543. The number of rotatable bonds is 26. The summed E-state index contributed by atoms with van der Waals surface area (Å²) in [5.41, 5.74) is -7.32. The maximum atomic E-state index is 15.7. The highest BCUT2D eigenvalue weighted by molar-refractivity contribution is 6.24. The molecule has 0 unspecified atom stereocenters. The Balaban J connectivity index is 1.09. The first-order chi connectivity index (χ1) is 34.9. The van der Waals surface area contributed by atoms with Crippen LogP contribution in [0.3, 0.4) is 0 Å². The highest BCUT2D eigenvalue weighted by atomic mass is 19.4. The molecule has 1 fully saturated rings. The van der Waals surface area contributed by atoms with Gasteiger partial charge in [0.15, 0.2) is 11.6 Å². The number of aliphatic hydroxyl groups is 6. The number of aromatic nitrogens is 2. The summed E-state index contributed by atoms with van der Waals surface area (Å²) >= 11 is 0. The molecule has 1 saturated carbocycles. The minimum Gasteiger partial charge on any atom is -0.509 e. The van der Waals surface area contributed by atoms with Gasteiger partial charge in [0.1, 0.15) is 61.0 Å². The van der Waals surface area contributed by atoms with Crippen molar-refractivity contribution in [2.45, 2.75) is 74.5 Å². The van der Waals surface area contributed by atoms with Crippen LogP contribution in [0.5, 0.6) is 5.75 Å². The first kappa shape index (κ1) is 59.2. The number of nitrogens with zero attached hydrogens (tertiary/aromatic N) is 5. The third-order valence-electron chi connectivity index (χ3n) is 12.1. The number of benzene rings is 2. The Morgan fingerprint density at radius 1 is 0.811 bits per heavy atom. The van der Waals surface area contributed by atoms with Crippen LogP contribution in [0.25, 0.3) is 11.3 Å². The molecule has 2 aromatic carbocycles. The van der Waals surface area contributed by atoms with Gasteiger partial charge in [-0.25, -0.2) is 19.4 Å². The summed E-state index contributed by atoms with van der Waals surface area (Å²) < 4.78 is 140. The zero-order chi connectivity index (χ0) is 54.5. The number of likely N-dealkylation sites (N-methyl/N-ethyl adjacent to an activating group) is 2. The molecular weight excluding hydrogens is 1010 g/mol. The molecular formula is C46H56F8N6O14. The average Bonchev–Trinajstić information content (AvgIpc) is 3.87. The van der Waals surface area contributed by atoms with Gasteiger partial charge in [-0.15, -0.1) is 0 Å². The number of anilines is 1. The summed E-state index contributed by atoms with van der Waals surface area (Å²) in [4.78, 5) is 48.2. The van der Waals surface area contributed by atoms with Crippen molar-refractivity contribution in [2.75, 3.05) is 92.0 Å². The molecule has 0 radical (unpaired) electrons. The van der Waals surface area contributed by atoms with Crippen molar-refractivity contribution in [3.8, 4) is 17.0 Å². The number of hydrogen-bond acceptors (Lipinski definition) is 17. The van der Waals surface area contributed by atoms with Crippen LogP contribution in [0.2, 0.25) is 0 Å². The maximum Gasteiger partial charge on any atom is 0.433 e. The molecule has 2 aliphatic rings. The lowest BCUT2D eigenvalue weighted by Gasteiger charge is -2.48. The second-order valence-corrected chi connectivity index (χ2v) is 17.0. The molecule has 1 aliphatic heterocycles. The lowest BCUT2D eigenvalue weighted by molar-refractivity contribution is -0.163. The number of alkyl halides is 6. The van der Waals surface area contributed by atoms with Crippen molar-refractivity contribution in [3.63, 3.8) is 0 Å². The number of carbonyl (C=O) groups is 3. The number of aliphatic hydroxyl groups excluding tert-OH is 6. The number of hydrazine groups is 1. The SMILES string of the molecule is CN(C[C@H](O)[C@@H](O)[C@H](O)[C@H](O)CO)C(=O)COCCOCCOCCOCCOc1ccc(CN2C(=O)C(C(=O)Nc3ccc(C(F)(F)F)cc3-c3cc(C(F)(F)F)ncn3)=C(O)C3(CCCC3)N2C)c(F)c1F. The zero-order valence-electron chi connectivity index (χ0n) is 39.9. The van der Waals surface area contributed by atoms with Crippen LogP contribution in [0.15, 0.2) is 54.1 Å². The Morgan fingerprint density at radius 3 is 2.00 bits per heavy atom. The van der Waals surface area contributed by atoms with E-state index in [-0.39, 0.29) is 77.9 Å². The minimum absolute atomic E-state index is 0.0290. The summed E-state index contributed by atoms with van der Waals surface area (Å²) in [6.45, 7) is -1.94. The largest absolute Gasteiger partial charge is 0.509 e. The van der Waals surface area contributed by atoms with Gasteiger partial charge in [0.25, 0.3) is 11.8 Å². The third-order valence-corrected chi connectivity index (χ3v) is 12.1. The first-order valence-corrected chi connectivity index (χ1v) is 22.8. The van der Waals surface area contributed by atoms with E-state index < -0.39 is 137 Å². The van der Waals surface area contributed by atoms with E-state index in [2.05, 4.69) is 15.3 Å². The zero-order valence-corrected chi connectivity index (χ0v) is 39.9. The molecule has 410 valence electrons. The minimum atomic E-state index is -5.02. The van der Waals surface area contributed by atoms with Crippen molar-refractivity contribution in [1.82, 2.24) is 24.9 Å². The molecule has 28 heteroatoms. The van der Waals surface area contributed by atoms with E-state index in [4.69, 9.17) is 28.8 Å². The van der Waals surface area contributed by atoms with Gasteiger partial charge in [-0.3, -0.25) is 19.4 Å². The van der Waals surface area contributed by atoms with E-state index >= 15 is 8.78 Å². The Morgan fingerprint density at radius 2 is 1.41 bits per heavy atom. The predicted octanol–water partition coefficient (Wildman–Crippen LogP) is 2.75. The quantitative estimate of drug-likeness (QED) is 0.0346. The number of carbonyl (C=O) groups excluding carboxylic acids is 3. The summed E-state index contributed by atoms with van der Waals surface area (Å²) in [5.74, 6) is -7.19. The number of nitrogens with one attached hydrogen (secondary N) is 1. The fourth-order valence-corrected chi connectivity index (χ4v) is 7.93. The standard InChI is InChI=1S/C46H56F8N6O14/c1-58(22-31(62)39(65)40(66)32(63)23-61)35(64)24-73-16-15-71-12-11-70-13-14-72-17-18-74-33-8-5-26(37(47)38(33)48)21-60-43(69)36(41(67)44(59(60)2)9-3-4-10-44)42(68)57-29-7-6-27(45(49,50)51)19-28(29)30-20-34(46(52,53)54)56-25-55-30/h5-8,19-20,25,31-32,39-40,61-63,65-67H,3-4,9-18,21-24H2,1-2H3,(H,57,68)/t31-,32+,39+,40+/m0/s1. The second kappa shape index (κ2) is 26.2. The van der Waals surface area contributed by atoms with Crippen molar-refractivity contribution in [1.29, 1.82) is 0 Å². The van der Waals surface area contributed by atoms with Crippen molar-refractivity contribution in [2.24, 2.45) is 0 Å². The van der Waals surface area contributed by atoms with Crippen LogP contribution in [0.1, 0.15) is 42.5 Å². The van der Waals surface area contributed by atoms with Crippen molar-refractivity contribution < 1.29 is 104 Å². The fourth-order valence-electron chi connectivity index (χ4n) is 7.93. The van der Waals surface area contributed by atoms with Crippen LogP contribution in [-0.2, 0) is 52.2 Å².